The van der Waals surface area contributed by atoms with Gasteiger partial charge in [-0.1, -0.05) is 35.9 Å². The molecule has 1 amide bonds. The van der Waals surface area contributed by atoms with Crippen molar-refractivity contribution in [1.82, 2.24) is 10.6 Å². The third-order valence-electron chi connectivity index (χ3n) is 5.04. The first-order valence-electron chi connectivity index (χ1n) is 10.1. The van der Waals surface area contributed by atoms with Crippen LogP contribution in [0.2, 0.25) is 0 Å². The minimum absolute atomic E-state index is 0.0708. The predicted molar refractivity (Wildman–Crippen MR) is 117 cm³/mol. The van der Waals surface area contributed by atoms with E-state index in [4.69, 9.17) is 4.74 Å². The van der Waals surface area contributed by atoms with Gasteiger partial charge in [0.05, 0.1) is 0 Å². The summed E-state index contributed by atoms with van der Waals surface area (Å²) in [4.78, 5) is 16.5. The molecule has 3 rings (SSSR count). The van der Waals surface area contributed by atoms with Gasteiger partial charge in [0.2, 0.25) is 0 Å². The van der Waals surface area contributed by atoms with E-state index >= 15 is 0 Å². The summed E-state index contributed by atoms with van der Waals surface area (Å²) >= 11 is 0. The number of rotatable bonds is 6. The second-order valence-corrected chi connectivity index (χ2v) is 7.40. The molecule has 3 N–H and O–H groups in total. The lowest BCUT2D eigenvalue weighted by molar-refractivity contribution is -0.124. The first kappa shape index (κ1) is 20.9. The molecule has 0 radical (unpaired) electrons. The van der Waals surface area contributed by atoms with E-state index in [0.29, 0.717) is 19.7 Å². The highest BCUT2D eigenvalue weighted by atomic mass is 16.5. The summed E-state index contributed by atoms with van der Waals surface area (Å²) in [6.07, 6.45) is 1.40. The molecule has 1 saturated heterocycles. The number of ether oxygens (including phenoxy) is 1. The summed E-state index contributed by atoms with van der Waals surface area (Å²) in [5, 5.41) is 9.62. The highest BCUT2D eigenvalue weighted by Crippen LogP contribution is 2.16. The molecular weight excluding hydrogens is 364 g/mol. The Morgan fingerprint density at radius 2 is 1.97 bits per heavy atom. The number of aliphatic imine (C=N–C) groups is 1. The Kier molecular flexibility index (Phi) is 7.25. The molecule has 1 heterocycles. The SMILES string of the molecule is CN=C(NCc1cccc(NC(=O)C2CCCO2)c1)NCc1ccc(C)cc1C. The molecule has 6 nitrogen and oxygen atoms in total. The van der Waals surface area contributed by atoms with E-state index in [9.17, 15) is 4.79 Å². The lowest BCUT2D eigenvalue weighted by atomic mass is 10.1. The van der Waals surface area contributed by atoms with E-state index in [1.807, 2.05) is 24.3 Å². The predicted octanol–water partition coefficient (Wildman–Crippen LogP) is 3.29. The van der Waals surface area contributed by atoms with Crippen LogP contribution in [0.1, 0.15) is 35.1 Å². The average Bonchev–Trinajstić information content (AvgIpc) is 3.25. The van der Waals surface area contributed by atoms with Crippen molar-refractivity contribution in [3.05, 3.63) is 64.7 Å². The molecule has 0 spiro atoms. The van der Waals surface area contributed by atoms with Crippen LogP contribution in [0.5, 0.6) is 0 Å². The molecule has 2 aromatic carbocycles. The van der Waals surface area contributed by atoms with E-state index < -0.39 is 0 Å². The van der Waals surface area contributed by atoms with Crippen molar-refractivity contribution in [2.24, 2.45) is 4.99 Å². The normalized spacial score (nSPS) is 16.5. The lowest BCUT2D eigenvalue weighted by Crippen LogP contribution is -2.36. The van der Waals surface area contributed by atoms with Crippen LogP contribution in [0.15, 0.2) is 47.5 Å². The second kappa shape index (κ2) is 10.1. The number of carbonyl (C=O) groups is 1. The molecule has 2 aromatic rings. The van der Waals surface area contributed by atoms with Gasteiger partial charge in [-0.15, -0.1) is 0 Å². The van der Waals surface area contributed by atoms with E-state index in [0.717, 1.165) is 30.1 Å². The minimum atomic E-state index is -0.329. The van der Waals surface area contributed by atoms with E-state index in [2.05, 4.69) is 53.0 Å². The van der Waals surface area contributed by atoms with Crippen LogP contribution in [-0.4, -0.2) is 31.6 Å². The molecular formula is C23H30N4O2. The number of hydrogen-bond donors (Lipinski definition) is 3. The highest BCUT2D eigenvalue weighted by Gasteiger charge is 2.23. The standard InChI is InChI=1S/C23H30N4O2/c1-16-9-10-19(17(2)12-16)15-26-23(24-3)25-14-18-6-4-7-20(13-18)27-22(28)21-8-5-11-29-21/h4,6-7,9-10,12-13,21H,5,8,11,14-15H2,1-3H3,(H,27,28)(H2,24,25,26). The Morgan fingerprint density at radius 3 is 2.69 bits per heavy atom. The van der Waals surface area contributed by atoms with Crippen LogP contribution in [0, 0.1) is 13.8 Å². The molecule has 0 saturated carbocycles. The maximum atomic E-state index is 12.2. The van der Waals surface area contributed by atoms with Crippen molar-refractivity contribution in [3.63, 3.8) is 0 Å². The van der Waals surface area contributed by atoms with Gasteiger partial charge >= 0.3 is 0 Å². The van der Waals surface area contributed by atoms with Crippen molar-refractivity contribution in [1.29, 1.82) is 0 Å². The van der Waals surface area contributed by atoms with Crippen molar-refractivity contribution in [2.75, 3.05) is 19.0 Å². The Morgan fingerprint density at radius 1 is 1.14 bits per heavy atom. The van der Waals surface area contributed by atoms with Crippen molar-refractivity contribution >= 4 is 17.6 Å². The van der Waals surface area contributed by atoms with Gasteiger partial charge in [0.25, 0.3) is 5.91 Å². The van der Waals surface area contributed by atoms with Crippen molar-refractivity contribution in [2.45, 2.75) is 45.9 Å². The van der Waals surface area contributed by atoms with Gasteiger partial charge in [-0.25, -0.2) is 0 Å². The quantitative estimate of drug-likeness (QED) is 0.519. The summed E-state index contributed by atoms with van der Waals surface area (Å²) in [7, 11) is 1.76. The van der Waals surface area contributed by atoms with Crippen molar-refractivity contribution < 1.29 is 9.53 Å². The minimum Gasteiger partial charge on any atom is -0.368 e. The van der Waals surface area contributed by atoms with E-state index in [1.54, 1.807) is 7.05 Å². The van der Waals surface area contributed by atoms with E-state index in [-0.39, 0.29) is 12.0 Å². The van der Waals surface area contributed by atoms with Crippen LogP contribution in [0.4, 0.5) is 5.69 Å². The fourth-order valence-corrected chi connectivity index (χ4v) is 3.40. The zero-order valence-corrected chi connectivity index (χ0v) is 17.4. The first-order valence-corrected chi connectivity index (χ1v) is 10.1. The number of anilines is 1. The number of carbonyl (C=O) groups excluding carboxylic acids is 1. The molecule has 0 bridgehead atoms. The molecule has 154 valence electrons. The summed E-state index contributed by atoms with van der Waals surface area (Å²) < 4.78 is 5.44. The van der Waals surface area contributed by atoms with Gasteiger partial charge in [0.15, 0.2) is 5.96 Å². The smallest absolute Gasteiger partial charge is 0.253 e. The summed E-state index contributed by atoms with van der Waals surface area (Å²) in [6, 6.07) is 14.3. The van der Waals surface area contributed by atoms with Crippen LogP contribution in [0.3, 0.4) is 0 Å². The van der Waals surface area contributed by atoms with Gasteiger partial charge in [0.1, 0.15) is 6.10 Å². The van der Waals surface area contributed by atoms with Crippen LogP contribution in [0.25, 0.3) is 0 Å². The number of guanidine groups is 1. The summed E-state index contributed by atoms with van der Waals surface area (Å²) in [5.41, 5.74) is 5.62. The highest BCUT2D eigenvalue weighted by molar-refractivity contribution is 5.94. The van der Waals surface area contributed by atoms with Crippen LogP contribution < -0.4 is 16.0 Å². The first-order chi connectivity index (χ1) is 14.0. The number of aryl methyl sites for hydroxylation is 2. The zero-order valence-electron chi connectivity index (χ0n) is 17.4. The third-order valence-corrected chi connectivity index (χ3v) is 5.04. The Labute approximate surface area is 172 Å². The Balaban J connectivity index is 1.52. The molecule has 1 unspecified atom stereocenters. The van der Waals surface area contributed by atoms with Gasteiger partial charge in [0, 0.05) is 32.4 Å². The molecule has 1 aliphatic rings. The molecule has 29 heavy (non-hydrogen) atoms. The number of benzene rings is 2. The van der Waals surface area contributed by atoms with E-state index in [1.165, 1.54) is 16.7 Å². The molecule has 0 aromatic heterocycles. The third kappa shape index (κ3) is 6.06. The monoisotopic (exact) mass is 394 g/mol. The summed E-state index contributed by atoms with van der Waals surface area (Å²) in [6.45, 7) is 6.20. The summed E-state index contributed by atoms with van der Waals surface area (Å²) in [5.74, 6) is 0.664. The lowest BCUT2D eigenvalue weighted by Gasteiger charge is -2.14. The number of nitrogens with zero attached hydrogens (tertiary/aromatic N) is 1. The zero-order chi connectivity index (χ0) is 20.6. The molecule has 6 heteroatoms. The van der Waals surface area contributed by atoms with Gasteiger partial charge in [-0.2, -0.15) is 0 Å². The topological polar surface area (TPSA) is 74.8 Å². The maximum Gasteiger partial charge on any atom is 0.253 e. The molecule has 1 aliphatic heterocycles. The molecule has 0 aliphatic carbocycles. The second-order valence-electron chi connectivity index (χ2n) is 7.40. The average molecular weight is 395 g/mol. The molecule has 1 atom stereocenters. The number of hydrogen-bond acceptors (Lipinski definition) is 3. The Bertz CT molecular complexity index is 873. The van der Waals surface area contributed by atoms with Gasteiger partial charge in [-0.05, 0) is 55.5 Å². The largest absolute Gasteiger partial charge is 0.368 e. The van der Waals surface area contributed by atoms with Crippen LogP contribution >= 0.6 is 0 Å². The number of nitrogens with one attached hydrogen (secondary N) is 3. The fourth-order valence-electron chi connectivity index (χ4n) is 3.40. The van der Waals surface area contributed by atoms with Gasteiger partial charge < -0.3 is 20.7 Å². The van der Waals surface area contributed by atoms with Crippen LogP contribution in [-0.2, 0) is 22.6 Å². The Hall–Kier alpha value is -2.86. The maximum absolute atomic E-state index is 12.2. The van der Waals surface area contributed by atoms with Gasteiger partial charge in [-0.3, -0.25) is 9.79 Å². The molecule has 1 fully saturated rings. The number of amides is 1. The van der Waals surface area contributed by atoms with Crippen molar-refractivity contribution in [3.8, 4) is 0 Å². The fraction of sp³-hybridized carbons (Fsp3) is 0.391.